The Morgan fingerprint density at radius 3 is 2.54 bits per heavy atom. The molecule has 1 atom stereocenters. The number of carbonyl (C=O) groups is 2. The average molecular weight is 357 g/mol. The predicted molar refractivity (Wildman–Crippen MR) is 95.6 cm³/mol. The summed E-state index contributed by atoms with van der Waals surface area (Å²) in [5.41, 5.74) is 6.40. The number of hydrogen-bond donors (Lipinski definition) is 3. The molecule has 2 rings (SSSR count). The number of ether oxygens (including phenoxy) is 1. The number of halogens is 1. The highest BCUT2D eigenvalue weighted by atomic mass is 35.5. The molecule has 0 bridgehead atoms. The summed E-state index contributed by atoms with van der Waals surface area (Å²) >= 11 is 0. The minimum atomic E-state index is -0.541. The van der Waals surface area contributed by atoms with Crippen LogP contribution in [0.4, 0.5) is 10.5 Å². The molecule has 1 saturated heterocycles. The van der Waals surface area contributed by atoms with Gasteiger partial charge in [0.05, 0.1) is 13.7 Å². The molecule has 1 aliphatic heterocycles. The molecular weight excluding hydrogens is 332 g/mol. The fraction of sp³-hybridized carbons (Fsp3) is 0.500. The number of carbonyl (C=O) groups excluding carboxylic acids is 2. The lowest BCUT2D eigenvalue weighted by Crippen LogP contribution is -2.42. The van der Waals surface area contributed by atoms with Crippen LogP contribution in [-0.2, 0) is 4.79 Å². The number of nitrogens with one attached hydrogen (secondary N) is 2. The van der Waals surface area contributed by atoms with Gasteiger partial charge in [0.2, 0.25) is 5.91 Å². The van der Waals surface area contributed by atoms with E-state index in [1.54, 1.807) is 31.4 Å². The van der Waals surface area contributed by atoms with Crippen molar-refractivity contribution in [2.24, 2.45) is 11.1 Å². The number of methoxy groups -OCH3 is 1. The maximum absolute atomic E-state index is 11.9. The van der Waals surface area contributed by atoms with Crippen molar-refractivity contribution in [3.8, 4) is 5.75 Å². The van der Waals surface area contributed by atoms with Crippen LogP contribution in [0.15, 0.2) is 24.3 Å². The van der Waals surface area contributed by atoms with Gasteiger partial charge in [-0.05, 0) is 49.2 Å². The molecule has 0 spiro atoms. The number of amides is 3. The summed E-state index contributed by atoms with van der Waals surface area (Å²) in [7, 11) is 1.57. The normalized spacial score (nSPS) is 20.1. The molecule has 7 nitrogen and oxygen atoms in total. The number of rotatable bonds is 5. The molecule has 1 heterocycles. The van der Waals surface area contributed by atoms with Gasteiger partial charge in [0, 0.05) is 12.2 Å². The highest BCUT2D eigenvalue weighted by Crippen LogP contribution is 2.27. The molecule has 1 aromatic carbocycles. The first-order chi connectivity index (χ1) is 10.9. The highest BCUT2D eigenvalue weighted by Gasteiger charge is 2.33. The molecule has 4 N–H and O–H groups in total. The summed E-state index contributed by atoms with van der Waals surface area (Å²) in [6.45, 7) is 4.51. The third-order valence-corrected chi connectivity index (χ3v) is 4.10. The van der Waals surface area contributed by atoms with E-state index in [0.29, 0.717) is 18.0 Å². The number of anilines is 1. The van der Waals surface area contributed by atoms with Crippen LogP contribution in [0.2, 0.25) is 0 Å². The van der Waals surface area contributed by atoms with Crippen LogP contribution in [0.3, 0.4) is 0 Å². The van der Waals surface area contributed by atoms with E-state index in [4.69, 9.17) is 10.5 Å². The molecule has 1 aromatic rings. The van der Waals surface area contributed by atoms with Gasteiger partial charge in [0.15, 0.2) is 0 Å². The summed E-state index contributed by atoms with van der Waals surface area (Å²) in [5.74, 6) is 0.376. The van der Waals surface area contributed by atoms with Crippen LogP contribution in [-0.4, -0.2) is 50.1 Å². The number of likely N-dealkylation sites (tertiary alicyclic amines) is 1. The van der Waals surface area contributed by atoms with Crippen molar-refractivity contribution in [3.63, 3.8) is 0 Å². The van der Waals surface area contributed by atoms with Crippen molar-refractivity contribution >= 4 is 30.0 Å². The number of nitrogens with zero attached hydrogens (tertiary/aromatic N) is 1. The number of hydrogen-bond acceptors (Lipinski definition) is 5. The van der Waals surface area contributed by atoms with Crippen molar-refractivity contribution in [2.45, 2.75) is 13.3 Å². The summed E-state index contributed by atoms with van der Waals surface area (Å²) < 4.78 is 5.04. The minimum Gasteiger partial charge on any atom is -0.497 e. The fourth-order valence-corrected chi connectivity index (χ4v) is 2.63. The number of nitrogens with two attached hydrogens (primary N) is 1. The first-order valence-corrected chi connectivity index (χ1v) is 7.61. The predicted octanol–water partition coefficient (Wildman–Crippen LogP) is 1.44. The lowest BCUT2D eigenvalue weighted by atomic mass is 9.90. The third kappa shape index (κ3) is 5.67. The van der Waals surface area contributed by atoms with Crippen LogP contribution >= 0.6 is 12.4 Å². The Kier molecular flexibility index (Phi) is 7.47. The van der Waals surface area contributed by atoms with Gasteiger partial charge >= 0.3 is 6.03 Å². The second kappa shape index (κ2) is 8.86. The zero-order chi connectivity index (χ0) is 16.9. The minimum absolute atomic E-state index is 0. The zero-order valence-corrected chi connectivity index (χ0v) is 14.8. The van der Waals surface area contributed by atoms with Gasteiger partial charge in [-0.2, -0.15) is 0 Å². The van der Waals surface area contributed by atoms with Crippen LogP contribution in [0.1, 0.15) is 13.3 Å². The van der Waals surface area contributed by atoms with Crippen molar-refractivity contribution in [1.82, 2.24) is 10.2 Å². The summed E-state index contributed by atoms with van der Waals surface area (Å²) in [4.78, 5) is 25.8. The number of urea groups is 1. The van der Waals surface area contributed by atoms with Gasteiger partial charge in [-0.15, -0.1) is 12.4 Å². The van der Waals surface area contributed by atoms with Gasteiger partial charge in [0.25, 0.3) is 0 Å². The monoisotopic (exact) mass is 356 g/mol. The molecule has 3 amide bonds. The molecule has 8 heteroatoms. The molecule has 0 radical (unpaired) electrons. The summed E-state index contributed by atoms with van der Waals surface area (Å²) in [6.07, 6.45) is 0.967. The largest absolute Gasteiger partial charge is 0.497 e. The van der Waals surface area contributed by atoms with E-state index in [1.165, 1.54) is 0 Å². The van der Waals surface area contributed by atoms with E-state index in [-0.39, 0.29) is 30.3 Å². The SMILES string of the molecule is COc1ccc(NC(=O)NC(=O)CN2CCC(C)(CN)C2)cc1.Cl. The first-order valence-electron chi connectivity index (χ1n) is 7.61. The first kappa shape index (κ1) is 20.2. The molecule has 134 valence electrons. The lowest BCUT2D eigenvalue weighted by molar-refractivity contribution is -0.120. The maximum atomic E-state index is 11.9. The quantitative estimate of drug-likeness (QED) is 0.741. The smallest absolute Gasteiger partial charge is 0.325 e. The topological polar surface area (TPSA) is 96.7 Å². The van der Waals surface area contributed by atoms with Gasteiger partial charge in [-0.3, -0.25) is 15.0 Å². The molecule has 1 aliphatic rings. The van der Waals surface area contributed by atoms with Crippen LogP contribution < -0.4 is 21.1 Å². The molecule has 0 aliphatic carbocycles. The molecule has 0 saturated carbocycles. The standard InChI is InChI=1S/C16H24N4O3.ClH/c1-16(10-17)7-8-20(11-16)9-14(21)19-15(22)18-12-3-5-13(23-2)6-4-12;/h3-6H,7-11,17H2,1-2H3,(H2,18,19,21,22);1H. The Bertz CT molecular complexity index is 567. The molecule has 1 unspecified atom stereocenters. The van der Waals surface area contributed by atoms with E-state index in [0.717, 1.165) is 19.5 Å². The Hall–Kier alpha value is -1.83. The van der Waals surface area contributed by atoms with Gasteiger partial charge < -0.3 is 15.8 Å². The summed E-state index contributed by atoms with van der Waals surface area (Å²) in [5, 5.41) is 4.95. The van der Waals surface area contributed by atoms with E-state index < -0.39 is 6.03 Å². The van der Waals surface area contributed by atoms with Gasteiger partial charge in [0.1, 0.15) is 5.75 Å². The van der Waals surface area contributed by atoms with E-state index in [9.17, 15) is 9.59 Å². The highest BCUT2D eigenvalue weighted by molar-refractivity contribution is 6.01. The van der Waals surface area contributed by atoms with Crippen molar-refractivity contribution < 1.29 is 14.3 Å². The van der Waals surface area contributed by atoms with Crippen molar-refractivity contribution in [1.29, 1.82) is 0 Å². The number of benzene rings is 1. The second-order valence-corrected chi connectivity index (χ2v) is 6.21. The molecular formula is C16H25ClN4O3. The van der Waals surface area contributed by atoms with E-state index in [2.05, 4.69) is 17.6 Å². The third-order valence-electron chi connectivity index (χ3n) is 4.10. The Morgan fingerprint density at radius 2 is 2.00 bits per heavy atom. The Labute approximate surface area is 148 Å². The van der Waals surface area contributed by atoms with Crippen LogP contribution in [0.5, 0.6) is 5.75 Å². The zero-order valence-electron chi connectivity index (χ0n) is 14.0. The Morgan fingerprint density at radius 1 is 1.33 bits per heavy atom. The molecule has 24 heavy (non-hydrogen) atoms. The van der Waals surface area contributed by atoms with Gasteiger partial charge in [-0.25, -0.2) is 4.79 Å². The van der Waals surface area contributed by atoms with Gasteiger partial charge in [-0.1, -0.05) is 6.92 Å². The van der Waals surface area contributed by atoms with Crippen molar-refractivity contribution in [2.75, 3.05) is 38.6 Å². The number of imide groups is 1. The average Bonchev–Trinajstić information content (AvgIpc) is 2.89. The molecule has 0 aromatic heterocycles. The van der Waals surface area contributed by atoms with E-state index >= 15 is 0 Å². The fourth-order valence-electron chi connectivity index (χ4n) is 2.63. The van der Waals surface area contributed by atoms with Crippen molar-refractivity contribution in [3.05, 3.63) is 24.3 Å². The summed E-state index contributed by atoms with van der Waals surface area (Å²) in [6, 6.07) is 6.33. The van der Waals surface area contributed by atoms with Crippen LogP contribution in [0, 0.1) is 5.41 Å². The Balaban J connectivity index is 0.00000288. The second-order valence-electron chi connectivity index (χ2n) is 6.21. The maximum Gasteiger partial charge on any atom is 0.325 e. The van der Waals surface area contributed by atoms with E-state index in [1.807, 2.05) is 4.90 Å². The van der Waals surface area contributed by atoms with Crippen LogP contribution in [0.25, 0.3) is 0 Å². The molecule has 1 fully saturated rings. The lowest BCUT2D eigenvalue weighted by Gasteiger charge is -2.22.